The van der Waals surface area contributed by atoms with Gasteiger partial charge in [-0.05, 0) is 42.5 Å². The number of nitrogens with zero attached hydrogens (tertiary/aromatic N) is 4. The molecular weight excluding hydrogens is 272 g/mol. The molecule has 0 saturated carbocycles. The summed E-state index contributed by atoms with van der Waals surface area (Å²) in [6.07, 6.45) is 2.03. The largest absolute Gasteiger partial charge is 0.378 e. The SMILES string of the molecule is CN(C)c1ccc(N=Nc2ccc3ccc[n+](C)c3c2)cc1. The highest BCUT2D eigenvalue weighted by Crippen LogP contribution is 2.23. The Morgan fingerprint density at radius 3 is 2.27 bits per heavy atom. The number of azo groups is 1. The second-order valence-corrected chi connectivity index (χ2v) is 5.47. The molecule has 0 saturated heterocycles. The zero-order valence-electron chi connectivity index (χ0n) is 13.1. The lowest BCUT2D eigenvalue weighted by molar-refractivity contribution is -0.644. The molecule has 0 atom stereocenters. The topological polar surface area (TPSA) is 31.8 Å². The number of hydrogen-bond donors (Lipinski definition) is 0. The number of hydrogen-bond acceptors (Lipinski definition) is 3. The first-order valence-electron chi connectivity index (χ1n) is 7.21. The molecule has 1 heterocycles. The average Bonchev–Trinajstić information content (AvgIpc) is 2.54. The Morgan fingerprint density at radius 2 is 1.55 bits per heavy atom. The molecule has 0 aliphatic carbocycles. The molecule has 22 heavy (non-hydrogen) atoms. The molecule has 2 aromatic carbocycles. The summed E-state index contributed by atoms with van der Waals surface area (Å²) in [6, 6.07) is 18.3. The highest BCUT2D eigenvalue weighted by Gasteiger charge is 2.04. The normalized spacial score (nSPS) is 11.2. The Kier molecular flexibility index (Phi) is 3.83. The maximum Gasteiger partial charge on any atom is 0.214 e. The van der Waals surface area contributed by atoms with E-state index in [1.54, 1.807) is 0 Å². The van der Waals surface area contributed by atoms with Crippen LogP contribution in [0, 0.1) is 0 Å². The van der Waals surface area contributed by atoms with E-state index >= 15 is 0 Å². The molecule has 0 aliphatic rings. The molecule has 110 valence electrons. The molecular formula is C18H19N4+. The van der Waals surface area contributed by atoms with E-state index in [1.165, 1.54) is 5.39 Å². The van der Waals surface area contributed by atoms with Crippen LogP contribution in [0.2, 0.25) is 0 Å². The first kappa shape index (κ1) is 14.2. The molecule has 0 radical (unpaired) electrons. The van der Waals surface area contributed by atoms with E-state index < -0.39 is 0 Å². The number of aryl methyl sites for hydroxylation is 1. The first-order valence-corrected chi connectivity index (χ1v) is 7.21. The van der Waals surface area contributed by atoms with E-state index in [2.05, 4.69) is 31.8 Å². The van der Waals surface area contributed by atoms with E-state index in [-0.39, 0.29) is 0 Å². The Morgan fingerprint density at radius 1 is 0.864 bits per heavy atom. The van der Waals surface area contributed by atoms with E-state index in [4.69, 9.17) is 0 Å². The zero-order valence-corrected chi connectivity index (χ0v) is 13.1. The smallest absolute Gasteiger partial charge is 0.214 e. The predicted molar refractivity (Wildman–Crippen MR) is 90.1 cm³/mol. The fourth-order valence-corrected chi connectivity index (χ4v) is 2.33. The van der Waals surface area contributed by atoms with Crippen LogP contribution in [-0.4, -0.2) is 14.1 Å². The number of aromatic nitrogens is 1. The highest BCUT2D eigenvalue weighted by atomic mass is 15.1. The molecule has 3 rings (SSSR count). The van der Waals surface area contributed by atoms with Gasteiger partial charge in [0.15, 0.2) is 6.20 Å². The van der Waals surface area contributed by atoms with Crippen LogP contribution in [0.4, 0.5) is 17.1 Å². The summed E-state index contributed by atoms with van der Waals surface area (Å²) >= 11 is 0. The molecule has 0 unspecified atom stereocenters. The van der Waals surface area contributed by atoms with Gasteiger partial charge in [0.1, 0.15) is 7.05 Å². The van der Waals surface area contributed by atoms with Gasteiger partial charge in [0.2, 0.25) is 5.52 Å². The Balaban J connectivity index is 1.87. The quantitative estimate of drug-likeness (QED) is 0.527. The van der Waals surface area contributed by atoms with Crippen molar-refractivity contribution in [2.75, 3.05) is 19.0 Å². The van der Waals surface area contributed by atoms with Crippen molar-refractivity contribution in [1.82, 2.24) is 0 Å². The summed E-state index contributed by atoms with van der Waals surface area (Å²) in [5.74, 6) is 0. The number of pyridine rings is 1. The van der Waals surface area contributed by atoms with Gasteiger partial charge < -0.3 is 4.90 Å². The Labute approximate surface area is 130 Å². The van der Waals surface area contributed by atoms with Crippen molar-refractivity contribution < 1.29 is 4.57 Å². The summed E-state index contributed by atoms with van der Waals surface area (Å²) in [5.41, 5.74) is 3.99. The average molecular weight is 291 g/mol. The van der Waals surface area contributed by atoms with Crippen molar-refractivity contribution in [3.05, 3.63) is 60.8 Å². The minimum absolute atomic E-state index is 0.850. The molecule has 4 heteroatoms. The Hall–Kier alpha value is -2.75. The van der Waals surface area contributed by atoms with Crippen molar-refractivity contribution in [2.45, 2.75) is 0 Å². The second-order valence-electron chi connectivity index (χ2n) is 5.47. The van der Waals surface area contributed by atoms with E-state index in [9.17, 15) is 0 Å². The summed E-state index contributed by atoms with van der Waals surface area (Å²) < 4.78 is 2.08. The van der Waals surface area contributed by atoms with Crippen LogP contribution >= 0.6 is 0 Å². The molecule has 0 bridgehead atoms. The molecule has 1 aromatic heterocycles. The van der Waals surface area contributed by atoms with E-state index in [0.717, 1.165) is 22.6 Å². The third-order valence-corrected chi connectivity index (χ3v) is 3.63. The van der Waals surface area contributed by atoms with Crippen LogP contribution in [0.25, 0.3) is 10.9 Å². The molecule has 0 N–H and O–H groups in total. The fraction of sp³-hybridized carbons (Fsp3) is 0.167. The van der Waals surface area contributed by atoms with Gasteiger partial charge in [0.25, 0.3) is 0 Å². The van der Waals surface area contributed by atoms with Crippen molar-refractivity contribution in [2.24, 2.45) is 17.3 Å². The second kappa shape index (κ2) is 5.93. The number of anilines is 1. The third-order valence-electron chi connectivity index (χ3n) is 3.63. The molecule has 0 spiro atoms. The lowest BCUT2D eigenvalue weighted by Crippen LogP contribution is -2.27. The summed E-state index contributed by atoms with van der Waals surface area (Å²) in [7, 11) is 6.07. The van der Waals surface area contributed by atoms with Gasteiger partial charge in [-0.15, -0.1) is 0 Å². The lowest BCUT2D eigenvalue weighted by atomic mass is 10.2. The van der Waals surface area contributed by atoms with Gasteiger partial charge in [-0.3, -0.25) is 0 Å². The van der Waals surface area contributed by atoms with Crippen LogP contribution in [0.1, 0.15) is 0 Å². The minimum Gasteiger partial charge on any atom is -0.378 e. The van der Waals surface area contributed by atoms with Gasteiger partial charge in [0.05, 0.1) is 11.4 Å². The van der Waals surface area contributed by atoms with Crippen molar-refractivity contribution in [3.8, 4) is 0 Å². The van der Waals surface area contributed by atoms with Crippen molar-refractivity contribution in [1.29, 1.82) is 0 Å². The molecule has 4 nitrogen and oxygen atoms in total. The van der Waals surface area contributed by atoms with Gasteiger partial charge >= 0.3 is 0 Å². The zero-order chi connectivity index (χ0) is 15.5. The van der Waals surface area contributed by atoms with Crippen LogP contribution in [0.3, 0.4) is 0 Å². The van der Waals surface area contributed by atoms with E-state index in [0.29, 0.717) is 0 Å². The Bertz CT molecular complexity index is 820. The van der Waals surface area contributed by atoms with Crippen molar-refractivity contribution >= 4 is 28.0 Å². The number of fused-ring (bicyclic) bond motifs is 1. The van der Waals surface area contributed by atoms with Gasteiger partial charge in [-0.1, -0.05) is 0 Å². The maximum atomic E-state index is 4.34. The van der Waals surface area contributed by atoms with Crippen molar-refractivity contribution in [3.63, 3.8) is 0 Å². The first-order chi connectivity index (χ1) is 10.6. The fourth-order valence-electron chi connectivity index (χ4n) is 2.33. The standard InChI is InChI=1S/C18H19N4/c1-21(2)17-10-8-15(9-11-17)19-20-16-7-6-14-5-4-12-22(3)18(14)13-16/h4-13H,1-3H3/q+1. The van der Waals surface area contributed by atoms with Gasteiger partial charge in [-0.2, -0.15) is 10.2 Å². The van der Waals surface area contributed by atoms with Gasteiger partial charge in [-0.25, -0.2) is 4.57 Å². The van der Waals surface area contributed by atoms with Crippen LogP contribution in [0.15, 0.2) is 71.0 Å². The highest BCUT2D eigenvalue weighted by molar-refractivity contribution is 5.78. The number of rotatable bonds is 3. The molecule has 0 aliphatic heterocycles. The number of benzene rings is 2. The molecule has 3 aromatic rings. The predicted octanol–water partition coefficient (Wildman–Crippen LogP) is 4.15. The van der Waals surface area contributed by atoms with Crippen LogP contribution in [-0.2, 0) is 7.05 Å². The molecule has 0 fully saturated rings. The van der Waals surface area contributed by atoms with Gasteiger partial charge in [0, 0.05) is 37.3 Å². The third kappa shape index (κ3) is 2.96. The van der Waals surface area contributed by atoms with Crippen LogP contribution < -0.4 is 9.47 Å². The van der Waals surface area contributed by atoms with E-state index in [1.807, 2.05) is 69.8 Å². The lowest BCUT2D eigenvalue weighted by Gasteiger charge is -2.11. The summed E-state index contributed by atoms with van der Waals surface area (Å²) in [4.78, 5) is 2.06. The van der Waals surface area contributed by atoms with Crippen LogP contribution in [0.5, 0.6) is 0 Å². The molecule has 0 amide bonds. The monoisotopic (exact) mass is 291 g/mol. The maximum absolute atomic E-state index is 4.34. The summed E-state index contributed by atoms with van der Waals surface area (Å²) in [5, 5.41) is 9.84. The summed E-state index contributed by atoms with van der Waals surface area (Å²) in [6.45, 7) is 0. The minimum atomic E-state index is 0.850.